The Morgan fingerprint density at radius 3 is 2.74 bits per heavy atom. The van der Waals surface area contributed by atoms with Crippen LogP contribution < -0.4 is 5.73 Å². The van der Waals surface area contributed by atoms with Crippen LogP contribution in [0.3, 0.4) is 0 Å². The van der Waals surface area contributed by atoms with E-state index < -0.39 is 0 Å². The minimum atomic E-state index is 0.446. The molecule has 0 spiro atoms. The summed E-state index contributed by atoms with van der Waals surface area (Å²) in [5.74, 6) is 0.446. The molecule has 0 aliphatic heterocycles. The molecule has 4 nitrogen and oxygen atoms in total. The first kappa shape index (κ1) is 12.2. The number of rotatable bonds is 1. The van der Waals surface area contributed by atoms with Crippen LogP contribution in [0, 0.1) is 13.8 Å². The zero-order valence-electron chi connectivity index (χ0n) is 10.7. The van der Waals surface area contributed by atoms with Gasteiger partial charge in [0, 0.05) is 10.7 Å². The van der Waals surface area contributed by atoms with E-state index in [0.29, 0.717) is 5.95 Å². The number of hydrogen-bond donors (Lipinski definition) is 1. The predicted octanol–water partition coefficient (Wildman–Crippen LogP) is 3.38. The van der Waals surface area contributed by atoms with Crippen molar-refractivity contribution in [3.05, 3.63) is 46.1 Å². The van der Waals surface area contributed by atoms with E-state index in [0.717, 1.165) is 26.9 Å². The van der Waals surface area contributed by atoms with Gasteiger partial charge < -0.3 is 5.73 Å². The number of pyridine rings is 1. The predicted molar refractivity (Wildman–Crippen MR) is 80.5 cm³/mol. The molecule has 0 bridgehead atoms. The van der Waals surface area contributed by atoms with Crippen molar-refractivity contribution in [3.63, 3.8) is 0 Å². The molecular weight excluding hydrogens is 304 g/mol. The molecule has 0 radical (unpaired) electrons. The fourth-order valence-corrected chi connectivity index (χ4v) is 2.81. The van der Waals surface area contributed by atoms with Crippen LogP contribution in [0.2, 0.25) is 0 Å². The molecule has 0 unspecified atom stereocenters. The molecule has 1 aromatic carbocycles. The van der Waals surface area contributed by atoms with Crippen LogP contribution in [0.4, 0.5) is 5.95 Å². The number of aromatic nitrogens is 3. The summed E-state index contributed by atoms with van der Waals surface area (Å²) < 4.78 is 2.84. The van der Waals surface area contributed by atoms with E-state index in [2.05, 4.69) is 32.0 Å². The van der Waals surface area contributed by atoms with Crippen LogP contribution >= 0.6 is 15.9 Å². The SMILES string of the molecule is Cc1ccc(-n2c(N)nc3c(C)ccnc32)c(Br)c1. The van der Waals surface area contributed by atoms with Gasteiger partial charge in [0.15, 0.2) is 5.65 Å². The molecule has 2 heterocycles. The minimum Gasteiger partial charge on any atom is -0.369 e. The first-order valence-electron chi connectivity index (χ1n) is 5.94. The highest BCUT2D eigenvalue weighted by atomic mass is 79.9. The molecule has 96 valence electrons. The quantitative estimate of drug-likeness (QED) is 0.748. The third-order valence-electron chi connectivity index (χ3n) is 3.12. The van der Waals surface area contributed by atoms with Crippen LogP contribution in [0.1, 0.15) is 11.1 Å². The lowest BCUT2D eigenvalue weighted by atomic mass is 10.2. The molecule has 19 heavy (non-hydrogen) atoms. The van der Waals surface area contributed by atoms with Gasteiger partial charge in [-0.25, -0.2) is 9.97 Å². The van der Waals surface area contributed by atoms with Crippen molar-refractivity contribution in [2.45, 2.75) is 13.8 Å². The van der Waals surface area contributed by atoms with Crippen molar-refractivity contribution >= 4 is 33.0 Å². The molecule has 0 amide bonds. The summed E-state index contributed by atoms with van der Waals surface area (Å²) in [6, 6.07) is 8.04. The second-order valence-electron chi connectivity index (χ2n) is 4.56. The highest BCUT2D eigenvalue weighted by molar-refractivity contribution is 9.10. The zero-order chi connectivity index (χ0) is 13.6. The van der Waals surface area contributed by atoms with Gasteiger partial charge in [-0.3, -0.25) is 4.57 Å². The van der Waals surface area contributed by atoms with Gasteiger partial charge in [0.2, 0.25) is 5.95 Å². The number of nitrogens with zero attached hydrogens (tertiary/aromatic N) is 3. The van der Waals surface area contributed by atoms with E-state index in [1.54, 1.807) is 6.20 Å². The first-order chi connectivity index (χ1) is 9.08. The van der Waals surface area contributed by atoms with Gasteiger partial charge in [0.1, 0.15) is 5.52 Å². The number of nitrogens with two attached hydrogens (primary N) is 1. The summed E-state index contributed by atoms with van der Waals surface area (Å²) in [6.45, 7) is 4.05. The summed E-state index contributed by atoms with van der Waals surface area (Å²) in [4.78, 5) is 8.81. The first-order valence-corrected chi connectivity index (χ1v) is 6.73. The van der Waals surface area contributed by atoms with E-state index in [9.17, 15) is 0 Å². The molecule has 2 aromatic heterocycles. The average molecular weight is 317 g/mol. The average Bonchev–Trinajstić information content (AvgIpc) is 2.68. The summed E-state index contributed by atoms with van der Waals surface area (Å²) in [5, 5.41) is 0. The van der Waals surface area contributed by atoms with Crippen molar-refractivity contribution in [2.24, 2.45) is 0 Å². The number of halogens is 1. The maximum absolute atomic E-state index is 6.05. The monoisotopic (exact) mass is 316 g/mol. The number of imidazole rings is 1. The summed E-state index contributed by atoms with van der Waals surface area (Å²) >= 11 is 3.57. The van der Waals surface area contributed by atoms with E-state index >= 15 is 0 Å². The number of aryl methyl sites for hydroxylation is 2. The molecule has 3 rings (SSSR count). The standard InChI is InChI=1S/C14H13BrN4/c1-8-3-4-11(10(15)7-8)19-13-12(18-14(19)16)9(2)5-6-17-13/h3-7H,1-2H3,(H2,16,18). The molecule has 0 atom stereocenters. The van der Waals surface area contributed by atoms with Crippen LogP contribution in [-0.2, 0) is 0 Å². The molecule has 0 saturated heterocycles. The zero-order valence-corrected chi connectivity index (χ0v) is 12.3. The Morgan fingerprint density at radius 2 is 2.00 bits per heavy atom. The highest BCUT2D eigenvalue weighted by Gasteiger charge is 2.14. The Labute approximate surface area is 119 Å². The van der Waals surface area contributed by atoms with Gasteiger partial charge in [-0.15, -0.1) is 0 Å². The largest absolute Gasteiger partial charge is 0.369 e. The molecule has 2 N–H and O–H groups in total. The van der Waals surface area contributed by atoms with Crippen LogP contribution in [-0.4, -0.2) is 14.5 Å². The fraction of sp³-hybridized carbons (Fsp3) is 0.143. The van der Waals surface area contributed by atoms with Crippen molar-refractivity contribution in [2.75, 3.05) is 5.73 Å². The van der Waals surface area contributed by atoms with Gasteiger partial charge in [-0.2, -0.15) is 0 Å². The number of anilines is 1. The normalized spacial score (nSPS) is 11.1. The van der Waals surface area contributed by atoms with Crippen LogP contribution in [0.25, 0.3) is 16.9 Å². The Balaban J connectivity index is 2.36. The van der Waals surface area contributed by atoms with Gasteiger partial charge >= 0.3 is 0 Å². The summed E-state index contributed by atoms with van der Waals surface area (Å²) in [6.07, 6.45) is 1.78. The second kappa shape index (κ2) is 4.35. The Bertz CT molecular complexity index is 776. The van der Waals surface area contributed by atoms with Gasteiger partial charge in [0.05, 0.1) is 5.69 Å². The maximum Gasteiger partial charge on any atom is 0.207 e. The molecule has 3 aromatic rings. The highest BCUT2D eigenvalue weighted by Crippen LogP contribution is 2.28. The number of fused-ring (bicyclic) bond motifs is 1. The Hall–Kier alpha value is -1.88. The Kier molecular flexibility index (Phi) is 2.78. The van der Waals surface area contributed by atoms with Crippen molar-refractivity contribution in [1.82, 2.24) is 14.5 Å². The van der Waals surface area contributed by atoms with Gasteiger partial charge in [-0.1, -0.05) is 6.07 Å². The Morgan fingerprint density at radius 1 is 1.21 bits per heavy atom. The van der Waals surface area contributed by atoms with E-state index in [-0.39, 0.29) is 0 Å². The molecule has 0 aliphatic rings. The maximum atomic E-state index is 6.05. The number of benzene rings is 1. The molecule has 0 saturated carbocycles. The van der Waals surface area contributed by atoms with E-state index in [4.69, 9.17) is 5.73 Å². The summed E-state index contributed by atoms with van der Waals surface area (Å²) in [7, 11) is 0. The van der Waals surface area contributed by atoms with Crippen molar-refractivity contribution < 1.29 is 0 Å². The number of hydrogen-bond acceptors (Lipinski definition) is 3. The number of nitrogen functional groups attached to an aromatic ring is 1. The molecule has 0 fully saturated rings. The van der Waals surface area contributed by atoms with Crippen molar-refractivity contribution in [3.8, 4) is 5.69 Å². The van der Waals surface area contributed by atoms with Crippen molar-refractivity contribution in [1.29, 1.82) is 0 Å². The van der Waals surface area contributed by atoms with Gasteiger partial charge in [-0.05, 0) is 59.1 Å². The minimum absolute atomic E-state index is 0.446. The third-order valence-corrected chi connectivity index (χ3v) is 3.75. The van der Waals surface area contributed by atoms with Gasteiger partial charge in [0.25, 0.3) is 0 Å². The molecule has 5 heteroatoms. The lowest BCUT2D eigenvalue weighted by Gasteiger charge is -2.09. The lowest BCUT2D eigenvalue weighted by Crippen LogP contribution is -2.02. The molecule has 0 aliphatic carbocycles. The second-order valence-corrected chi connectivity index (χ2v) is 5.41. The van der Waals surface area contributed by atoms with Crippen LogP contribution in [0.5, 0.6) is 0 Å². The summed E-state index contributed by atoms with van der Waals surface area (Å²) in [5.41, 5.74) is 10.9. The van der Waals surface area contributed by atoms with Crippen LogP contribution in [0.15, 0.2) is 34.9 Å². The lowest BCUT2D eigenvalue weighted by molar-refractivity contribution is 1.07. The molecular formula is C14H13BrN4. The smallest absolute Gasteiger partial charge is 0.207 e. The topological polar surface area (TPSA) is 56.7 Å². The third kappa shape index (κ3) is 1.90. The fourth-order valence-electron chi connectivity index (χ4n) is 2.14. The van der Waals surface area contributed by atoms with E-state index in [1.165, 1.54) is 5.56 Å². The van der Waals surface area contributed by atoms with E-state index in [1.807, 2.05) is 36.6 Å².